The Bertz CT molecular complexity index is 748. The minimum atomic E-state index is -0.700. The summed E-state index contributed by atoms with van der Waals surface area (Å²) < 4.78 is 0. The molecule has 8 heteroatoms. The van der Waals surface area contributed by atoms with Gasteiger partial charge in [-0.25, -0.2) is 0 Å². The Labute approximate surface area is 304 Å². The number of hydrogen-bond donors (Lipinski definition) is 5. The molecular formula is C41H84N6O2. The molecule has 0 aliphatic rings. The van der Waals surface area contributed by atoms with E-state index in [9.17, 15) is 9.59 Å². The summed E-state index contributed by atoms with van der Waals surface area (Å²) in [7, 11) is 0. The second kappa shape index (κ2) is 37.8. The lowest BCUT2D eigenvalue weighted by molar-refractivity contribution is -0.133. The highest BCUT2D eigenvalue weighted by Gasteiger charge is 2.17. The van der Waals surface area contributed by atoms with E-state index in [-0.39, 0.29) is 18.4 Å². The van der Waals surface area contributed by atoms with Crippen molar-refractivity contribution in [2.45, 2.75) is 212 Å². The van der Waals surface area contributed by atoms with Gasteiger partial charge in [-0.2, -0.15) is 0 Å². The van der Waals surface area contributed by atoms with Crippen LogP contribution in [-0.2, 0) is 9.59 Å². The van der Waals surface area contributed by atoms with Crippen molar-refractivity contribution in [1.82, 2.24) is 15.5 Å². The van der Waals surface area contributed by atoms with Crippen LogP contribution in [0.25, 0.3) is 0 Å². The molecule has 0 rings (SSSR count). The van der Waals surface area contributed by atoms with Gasteiger partial charge in [-0.1, -0.05) is 167 Å². The third kappa shape index (κ3) is 34.7. The third-order valence-corrected chi connectivity index (χ3v) is 9.66. The fourth-order valence-corrected chi connectivity index (χ4v) is 6.35. The van der Waals surface area contributed by atoms with Crippen molar-refractivity contribution >= 4 is 11.8 Å². The first-order valence-electron chi connectivity index (χ1n) is 21.1. The standard InChI is InChI=1S/C41H84N6O2/c1-3-5-7-9-11-13-15-17-19-20-22-24-26-28-30-32-36-47(39(48)37-46-40(49)38(42)33-34-45-41(43)44)35-31-29-27-25-23-21-18-16-14-12-10-8-6-4-2/h17,19,38,41,45H,3-16,18,20-37,42-44H2,1-2H3,(H,46,49). The van der Waals surface area contributed by atoms with E-state index in [2.05, 4.69) is 36.6 Å². The molecule has 0 heterocycles. The van der Waals surface area contributed by atoms with Gasteiger partial charge in [0.1, 0.15) is 6.29 Å². The molecule has 0 aromatic heterocycles. The molecule has 0 saturated carbocycles. The first-order valence-corrected chi connectivity index (χ1v) is 21.1. The molecule has 0 spiro atoms. The SMILES string of the molecule is CCCCCCCCC=CCCCCCCCCN(CCCCCCCCCCCCCCCC)C(=O)CNC(=O)C(N)CCNC(N)N. The zero-order chi connectivity index (χ0) is 36.0. The topological polar surface area (TPSA) is 140 Å². The Kier molecular flexibility index (Phi) is 36.6. The highest BCUT2D eigenvalue weighted by Crippen LogP contribution is 2.14. The first kappa shape index (κ1) is 47.5. The van der Waals surface area contributed by atoms with Gasteiger partial charge >= 0.3 is 0 Å². The van der Waals surface area contributed by atoms with Crippen molar-refractivity contribution in [3.63, 3.8) is 0 Å². The van der Waals surface area contributed by atoms with E-state index >= 15 is 0 Å². The van der Waals surface area contributed by atoms with Gasteiger partial charge in [0, 0.05) is 13.1 Å². The minimum absolute atomic E-state index is 0.00133. The molecule has 0 aromatic carbocycles. The van der Waals surface area contributed by atoms with E-state index in [4.69, 9.17) is 17.2 Å². The maximum absolute atomic E-state index is 13.1. The van der Waals surface area contributed by atoms with Crippen LogP contribution in [0.3, 0.4) is 0 Å². The van der Waals surface area contributed by atoms with Crippen molar-refractivity contribution in [2.75, 3.05) is 26.2 Å². The summed E-state index contributed by atoms with van der Waals surface area (Å²) in [4.78, 5) is 27.6. The lowest BCUT2D eigenvalue weighted by Crippen LogP contribution is -2.49. The fourth-order valence-electron chi connectivity index (χ4n) is 6.35. The summed E-state index contributed by atoms with van der Waals surface area (Å²) in [6.45, 7) is 6.52. The quantitative estimate of drug-likeness (QED) is 0.0249. The average molecular weight is 693 g/mol. The van der Waals surface area contributed by atoms with Gasteiger partial charge in [0.05, 0.1) is 12.6 Å². The first-order chi connectivity index (χ1) is 23.9. The number of unbranched alkanes of at least 4 members (excludes halogenated alkanes) is 25. The van der Waals surface area contributed by atoms with Gasteiger partial charge in [-0.15, -0.1) is 0 Å². The van der Waals surface area contributed by atoms with E-state index in [0.29, 0.717) is 13.0 Å². The summed E-state index contributed by atoms with van der Waals surface area (Å²) in [5.74, 6) is -0.320. The Hall–Kier alpha value is -1.48. The average Bonchev–Trinajstić information content (AvgIpc) is 3.09. The number of nitrogens with two attached hydrogens (primary N) is 3. The maximum atomic E-state index is 13.1. The highest BCUT2D eigenvalue weighted by atomic mass is 16.2. The third-order valence-electron chi connectivity index (χ3n) is 9.66. The van der Waals surface area contributed by atoms with Crippen LogP contribution >= 0.6 is 0 Å². The molecule has 8 nitrogen and oxygen atoms in total. The summed E-state index contributed by atoms with van der Waals surface area (Å²) in [5.41, 5.74) is 17.0. The molecule has 8 N–H and O–H groups in total. The number of rotatable bonds is 38. The number of carbonyl (C=O) groups is 2. The second-order valence-electron chi connectivity index (χ2n) is 14.5. The Balaban J connectivity index is 4.26. The zero-order valence-corrected chi connectivity index (χ0v) is 32.6. The van der Waals surface area contributed by atoms with Crippen molar-refractivity contribution in [1.29, 1.82) is 0 Å². The van der Waals surface area contributed by atoms with Crippen molar-refractivity contribution in [3.05, 3.63) is 12.2 Å². The molecule has 0 aliphatic heterocycles. The Morgan fingerprint density at radius 3 is 1.31 bits per heavy atom. The smallest absolute Gasteiger partial charge is 0.241 e. The van der Waals surface area contributed by atoms with Crippen LogP contribution in [0.15, 0.2) is 12.2 Å². The Morgan fingerprint density at radius 2 is 0.918 bits per heavy atom. The van der Waals surface area contributed by atoms with Crippen LogP contribution in [-0.4, -0.2) is 55.2 Å². The van der Waals surface area contributed by atoms with Crippen LogP contribution in [0.2, 0.25) is 0 Å². The molecule has 290 valence electrons. The van der Waals surface area contributed by atoms with Crippen LogP contribution in [0.4, 0.5) is 0 Å². The lowest BCUT2D eigenvalue weighted by Gasteiger charge is -2.23. The van der Waals surface area contributed by atoms with Gasteiger partial charge in [-0.05, 0) is 51.5 Å². The minimum Gasteiger partial charge on any atom is -0.346 e. The fraction of sp³-hybridized carbons (Fsp3) is 0.902. The van der Waals surface area contributed by atoms with E-state index in [1.165, 1.54) is 154 Å². The van der Waals surface area contributed by atoms with Gasteiger partial charge in [0.15, 0.2) is 0 Å². The second-order valence-corrected chi connectivity index (χ2v) is 14.5. The number of carbonyl (C=O) groups excluding carboxylic acids is 2. The largest absolute Gasteiger partial charge is 0.346 e. The molecule has 0 saturated heterocycles. The maximum Gasteiger partial charge on any atom is 0.241 e. The van der Waals surface area contributed by atoms with Crippen LogP contribution in [0.1, 0.15) is 200 Å². The molecule has 0 bridgehead atoms. The van der Waals surface area contributed by atoms with Gasteiger partial charge in [0.25, 0.3) is 0 Å². The van der Waals surface area contributed by atoms with E-state index in [1.54, 1.807) is 0 Å². The van der Waals surface area contributed by atoms with Crippen LogP contribution in [0.5, 0.6) is 0 Å². The van der Waals surface area contributed by atoms with Crippen LogP contribution < -0.4 is 27.8 Å². The van der Waals surface area contributed by atoms with Crippen LogP contribution in [0, 0.1) is 0 Å². The van der Waals surface area contributed by atoms with Gasteiger partial charge < -0.3 is 27.4 Å². The highest BCUT2D eigenvalue weighted by molar-refractivity contribution is 5.87. The summed E-state index contributed by atoms with van der Waals surface area (Å²) in [6, 6.07) is -0.700. The number of nitrogens with zero attached hydrogens (tertiary/aromatic N) is 1. The molecule has 2 amide bonds. The van der Waals surface area contributed by atoms with Gasteiger partial charge in [0.2, 0.25) is 11.8 Å². The lowest BCUT2D eigenvalue weighted by atomic mass is 10.0. The molecule has 1 atom stereocenters. The molecule has 0 aromatic rings. The van der Waals surface area contributed by atoms with E-state index in [0.717, 1.165) is 38.8 Å². The summed E-state index contributed by atoms with van der Waals surface area (Å²) in [6.07, 6.45) is 40.8. The monoisotopic (exact) mass is 693 g/mol. The van der Waals surface area contributed by atoms with Crippen molar-refractivity contribution in [2.24, 2.45) is 17.2 Å². The van der Waals surface area contributed by atoms with Crippen molar-refractivity contribution in [3.8, 4) is 0 Å². The predicted octanol–water partition coefficient (Wildman–Crippen LogP) is 8.96. The molecule has 49 heavy (non-hydrogen) atoms. The van der Waals surface area contributed by atoms with Gasteiger partial charge in [-0.3, -0.25) is 14.9 Å². The number of hydrogen-bond acceptors (Lipinski definition) is 6. The molecule has 0 fully saturated rings. The van der Waals surface area contributed by atoms with Crippen molar-refractivity contribution < 1.29 is 9.59 Å². The predicted molar refractivity (Wildman–Crippen MR) is 212 cm³/mol. The molecule has 0 aliphatic carbocycles. The molecule has 1 unspecified atom stereocenters. The molecular weight excluding hydrogens is 608 g/mol. The number of allylic oxidation sites excluding steroid dienone is 2. The number of nitrogens with one attached hydrogen (secondary N) is 2. The van der Waals surface area contributed by atoms with E-state index in [1.807, 2.05) is 4.90 Å². The number of amides is 2. The molecule has 0 radical (unpaired) electrons. The normalized spacial score (nSPS) is 12.3. The Morgan fingerprint density at radius 1 is 0.551 bits per heavy atom. The van der Waals surface area contributed by atoms with E-state index < -0.39 is 12.3 Å². The zero-order valence-electron chi connectivity index (χ0n) is 32.6. The summed E-state index contributed by atoms with van der Waals surface area (Å²) in [5, 5.41) is 5.61. The summed E-state index contributed by atoms with van der Waals surface area (Å²) >= 11 is 0.